The second kappa shape index (κ2) is 8.94. The molecule has 8 nitrogen and oxygen atoms in total. The van der Waals surface area contributed by atoms with Gasteiger partial charge in [0.05, 0.1) is 30.8 Å². The van der Waals surface area contributed by atoms with E-state index in [-0.39, 0.29) is 23.1 Å². The van der Waals surface area contributed by atoms with Gasteiger partial charge >= 0.3 is 5.97 Å². The standard InChI is InChI=1S/C24H30N2O6/c1-12(2)15-10-14-11-16(32-9-5-8-30-3)19(13-6-7-13)25-20(14)21-17(15)22(27)18(23(28)26-21)24(29)31-4/h11-13,15H,5-10H2,1-4H3,(H2,26,27,28). The molecule has 1 unspecified atom stereocenters. The topological polar surface area (TPSA) is 111 Å². The third-order valence-electron chi connectivity index (χ3n) is 6.28. The molecule has 2 aromatic rings. The van der Waals surface area contributed by atoms with Gasteiger partial charge in [-0.25, -0.2) is 9.78 Å². The van der Waals surface area contributed by atoms with E-state index in [4.69, 9.17) is 19.2 Å². The summed E-state index contributed by atoms with van der Waals surface area (Å²) in [6, 6.07) is 2.03. The van der Waals surface area contributed by atoms with E-state index in [1.807, 2.05) is 6.07 Å². The first-order valence-corrected chi connectivity index (χ1v) is 11.1. The number of nitrogens with zero attached hydrogens (tertiary/aromatic N) is 1. The normalized spacial score (nSPS) is 17.1. The number of carbonyl (C=O) groups excluding carboxylic acids is 1. The maximum atomic E-state index is 12.7. The van der Waals surface area contributed by atoms with E-state index in [0.29, 0.717) is 42.5 Å². The summed E-state index contributed by atoms with van der Waals surface area (Å²) < 4.78 is 15.9. The van der Waals surface area contributed by atoms with Crippen LogP contribution in [0.1, 0.15) is 72.1 Å². The van der Waals surface area contributed by atoms with Crippen LogP contribution in [0, 0.1) is 5.92 Å². The van der Waals surface area contributed by atoms with E-state index in [1.165, 1.54) is 7.11 Å². The van der Waals surface area contributed by atoms with Crippen molar-refractivity contribution in [2.24, 2.45) is 5.92 Å². The number of H-pyrrole nitrogens is 1. The van der Waals surface area contributed by atoms with Gasteiger partial charge in [-0.3, -0.25) is 4.79 Å². The van der Waals surface area contributed by atoms with Gasteiger partial charge in [-0.2, -0.15) is 0 Å². The molecule has 1 atom stereocenters. The molecule has 2 heterocycles. The molecule has 8 heteroatoms. The number of rotatable bonds is 8. The predicted octanol–water partition coefficient (Wildman–Crippen LogP) is 3.52. The Labute approximate surface area is 186 Å². The van der Waals surface area contributed by atoms with Gasteiger partial charge in [-0.05, 0) is 42.7 Å². The van der Waals surface area contributed by atoms with Crippen molar-refractivity contribution in [2.75, 3.05) is 27.4 Å². The van der Waals surface area contributed by atoms with Gasteiger partial charge in [0.2, 0.25) is 0 Å². The Morgan fingerprint density at radius 3 is 2.66 bits per heavy atom. The zero-order valence-corrected chi connectivity index (χ0v) is 19.0. The number of pyridine rings is 2. The minimum atomic E-state index is -0.855. The summed E-state index contributed by atoms with van der Waals surface area (Å²) in [6.07, 6.45) is 3.49. The molecular formula is C24H30N2O6. The van der Waals surface area contributed by atoms with Crippen molar-refractivity contribution in [1.29, 1.82) is 0 Å². The van der Waals surface area contributed by atoms with Gasteiger partial charge in [0, 0.05) is 31.6 Å². The summed E-state index contributed by atoms with van der Waals surface area (Å²) in [6.45, 7) is 5.27. The molecule has 0 aromatic carbocycles. The van der Waals surface area contributed by atoms with Crippen molar-refractivity contribution in [3.05, 3.63) is 38.8 Å². The van der Waals surface area contributed by atoms with Crippen LogP contribution in [0.4, 0.5) is 0 Å². The van der Waals surface area contributed by atoms with E-state index >= 15 is 0 Å². The highest BCUT2D eigenvalue weighted by molar-refractivity contribution is 5.93. The van der Waals surface area contributed by atoms with Crippen LogP contribution in [0.2, 0.25) is 0 Å². The largest absolute Gasteiger partial charge is 0.506 e. The monoisotopic (exact) mass is 442 g/mol. The lowest BCUT2D eigenvalue weighted by Crippen LogP contribution is -2.26. The molecule has 0 amide bonds. The lowest BCUT2D eigenvalue weighted by molar-refractivity contribution is 0.0595. The molecule has 0 spiro atoms. The fraction of sp³-hybridized carbons (Fsp3) is 0.542. The molecule has 4 rings (SSSR count). The van der Waals surface area contributed by atoms with Gasteiger partial charge in [0.15, 0.2) is 5.56 Å². The van der Waals surface area contributed by atoms with Gasteiger partial charge in [-0.15, -0.1) is 0 Å². The molecule has 2 N–H and O–H groups in total. The average molecular weight is 443 g/mol. The Kier molecular flexibility index (Phi) is 6.24. The second-order valence-corrected chi connectivity index (χ2v) is 8.86. The summed E-state index contributed by atoms with van der Waals surface area (Å²) >= 11 is 0. The third kappa shape index (κ3) is 3.99. The fourth-order valence-corrected chi connectivity index (χ4v) is 4.42. The minimum absolute atomic E-state index is 0.104. The molecule has 0 bridgehead atoms. The first-order chi connectivity index (χ1) is 15.4. The van der Waals surface area contributed by atoms with Crippen LogP contribution in [0.15, 0.2) is 10.9 Å². The van der Waals surface area contributed by atoms with E-state index in [1.54, 1.807) is 7.11 Å². The summed E-state index contributed by atoms with van der Waals surface area (Å²) in [5.74, 6) is -0.00308. The zero-order valence-electron chi connectivity index (χ0n) is 19.0. The van der Waals surface area contributed by atoms with E-state index in [0.717, 1.165) is 36.3 Å². The van der Waals surface area contributed by atoms with Crippen LogP contribution in [-0.2, 0) is 15.9 Å². The molecule has 0 aliphatic heterocycles. The highest BCUT2D eigenvalue weighted by Crippen LogP contribution is 2.49. The van der Waals surface area contributed by atoms with Crippen LogP contribution < -0.4 is 10.3 Å². The predicted molar refractivity (Wildman–Crippen MR) is 119 cm³/mol. The molecule has 2 aliphatic carbocycles. The average Bonchev–Trinajstić information content (AvgIpc) is 3.60. The summed E-state index contributed by atoms with van der Waals surface area (Å²) in [7, 11) is 2.86. The Balaban J connectivity index is 1.86. The van der Waals surface area contributed by atoms with Crippen molar-refractivity contribution < 1.29 is 24.1 Å². The smallest absolute Gasteiger partial charge is 0.347 e. The quantitative estimate of drug-likeness (QED) is 0.475. The zero-order chi connectivity index (χ0) is 23.0. The number of methoxy groups -OCH3 is 2. The van der Waals surface area contributed by atoms with E-state index in [9.17, 15) is 14.7 Å². The summed E-state index contributed by atoms with van der Waals surface area (Å²) in [4.78, 5) is 32.6. The van der Waals surface area contributed by atoms with E-state index < -0.39 is 11.5 Å². The minimum Gasteiger partial charge on any atom is -0.506 e. The second-order valence-electron chi connectivity index (χ2n) is 8.86. The Morgan fingerprint density at radius 1 is 1.28 bits per heavy atom. The van der Waals surface area contributed by atoms with Crippen molar-refractivity contribution in [3.63, 3.8) is 0 Å². The third-order valence-corrected chi connectivity index (χ3v) is 6.28. The van der Waals surface area contributed by atoms with Gasteiger partial charge < -0.3 is 24.3 Å². The van der Waals surface area contributed by atoms with Crippen molar-refractivity contribution >= 4 is 5.97 Å². The molecule has 32 heavy (non-hydrogen) atoms. The Hall–Kier alpha value is -2.87. The molecule has 2 aromatic heterocycles. The molecule has 0 saturated heterocycles. The highest BCUT2D eigenvalue weighted by Gasteiger charge is 2.37. The van der Waals surface area contributed by atoms with Crippen LogP contribution in [-0.4, -0.2) is 48.5 Å². The van der Waals surface area contributed by atoms with Crippen molar-refractivity contribution in [1.82, 2.24) is 9.97 Å². The molecule has 1 saturated carbocycles. The number of nitrogens with one attached hydrogen (secondary N) is 1. The number of aromatic amines is 1. The SMILES string of the molecule is COCCCOc1cc2c(nc1C1CC1)-c1[nH]c(=O)c(C(=O)OC)c(O)c1C(C(C)C)C2. The lowest BCUT2D eigenvalue weighted by Gasteiger charge is -2.31. The number of aromatic hydroxyl groups is 1. The van der Waals surface area contributed by atoms with Crippen LogP contribution in [0.25, 0.3) is 11.4 Å². The molecular weight excluding hydrogens is 412 g/mol. The molecule has 0 radical (unpaired) electrons. The number of esters is 1. The maximum absolute atomic E-state index is 12.7. The number of carbonyl (C=O) groups is 1. The number of ether oxygens (including phenoxy) is 3. The first kappa shape index (κ1) is 22.3. The number of aromatic nitrogens is 2. The highest BCUT2D eigenvalue weighted by atomic mass is 16.5. The Bertz CT molecular complexity index is 1090. The van der Waals surface area contributed by atoms with Crippen molar-refractivity contribution in [2.45, 2.75) is 51.4 Å². The van der Waals surface area contributed by atoms with Gasteiger partial charge in [-0.1, -0.05) is 13.8 Å². The fourth-order valence-electron chi connectivity index (χ4n) is 4.42. The number of hydrogen-bond acceptors (Lipinski definition) is 7. The molecule has 172 valence electrons. The summed E-state index contributed by atoms with van der Waals surface area (Å²) in [5.41, 5.74) is 2.48. The first-order valence-electron chi connectivity index (χ1n) is 11.1. The van der Waals surface area contributed by atoms with Crippen LogP contribution in [0.5, 0.6) is 11.5 Å². The van der Waals surface area contributed by atoms with Crippen LogP contribution in [0.3, 0.4) is 0 Å². The lowest BCUT2D eigenvalue weighted by atomic mass is 9.76. The number of hydrogen-bond donors (Lipinski definition) is 2. The van der Waals surface area contributed by atoms with Crippen molar-refractivity contribution in [3.8, 4) is 22.9 Å². The maximum Gasteiger partial charge on any atom is 0.347 e. The van der Waals surface area contributed by atoms with Crippen LogP contribution >= 0.6 is 0 Å². The number of fused-ring (bicyclic) bond motifs is 3. The molecule has 1 fully saturated rings. The van der Waals surface area contributed by atoms with Gasteiger partial charge in [0.1, 0.15) is 11.5 Å². The Morgan fingerprint density at radius 2 is 2.03 bits per heavy atom. The summed E-state index contributed by atoms with van der Waals surface area (Å²) in [5, 5.41) is 11.0. The molecule has 2 aliphatic rings. The van der Waals surface area contributed by atoms with Gasteiger partial charge in [0.25, 0.3) is 5.56 Å². The van der Waals surface area contributed by atoms with E-state index in [2.05, 4.69) is 18.8 Å².